The highest BCUT2D eigenvalue weighted by Crippen LogP contribution is 2.64. The Balaban J connectivity index is 1.83. The number of carbonyl (C=O) groups is 4. The molecule has 6 atom stereocenters. The molecule has 0 aromatic carbocycles. The Morgan fingerprint density at radius 2 is 1.94 bits per heavy atom. The third-order valence-corrected chi connectivity index (χ3v) is 7.41. The van der Waals surface area contributed by atoms with Crippen molar-refractivity contribution in [1.82, 2.24) is 0 Å². The Morgan fingerprint density at radius 1 is 1.19 bits per heavy atom. The summed E-state index contributed by atoms with van der Waals surface area (Å²) in [5, 5.41) is 0. The van der Waals surface area contributed by atoms with Crippen LogP contribution in [-0.2, 0) is 33.4 Å². The van der Waals surface area contributed by atoms with Gasteiger partial charge >= 0.3 is 17.9 Å². The second kappa shape index (κ2) is 7.35. The van der Waals surface area contributed by atoms with Crippen molar-refractivity contribution in [3.05, 3.63) is 36.0 Å². The number of ketones is 1. The molecule has 8 nitrogen and oxygen atoms in total. The highest BCUT2D eigenvalue weighted by molar-refractivity contribution is 6.01. The van der Waals surface area contributed by atoms with Crippen LogP contribution in [0.25, 0.3) is 0 Å². The molecule has 3 aliphatic rings. The molecule has 0 unspecified atom stereocenters. The summed E-state index contributed by atoms with van der Waals surface area (Å²) in [7, 11) is 1.29. The first-order valence-corrected chi connectivity index (χ1v) is 10.4. The Morgan fingerprint density at radius 3 is 2.55 bits per heavy atom. The van der Waals surface area contributed by atoms with Crippen LogP contribution in [0.2, 0.25) is 0 Å². The predicted octanol–water partition coefficient (Wildman–Crippen LogP) is 3.13. The molecule has 1 aromatic heterocycles. The number of cyclic esters (lactones) is 1. The van der Waals surface area contributed by atoms with Gasteiger partial charge in [0.2, 0.25) is 5.78 Å². The van der Waals surface area contributed by atoms with Gasteiger partial charge in [0.25, 0.3) is 0 Å². The van der Waals surface area contributed by atoms with Crippen molar-refractivity contribution >= 4 is 23.7 Å². The average Bonchev–Trinajstić information content (AvgIpc) is 3.23. The summed E-state index contributed by atoms with van der Waals surface area (Å²) < 4.78 is 21.1. The number of hydrogen-bond acceptors (Lipinski definition) is 8. The standard InChI is InChI=1S/C23H26O8/c1-12(24)30-16-9-15(20(26)28-4)22(2)7-5-14-21(27)31-17(13-6-8-29-11-13)10-23(14,3)19(22)18(16)25/h6,8-9,11,14-15,17,19H,5,7,10H2,1-4H3/t14-,15-,17-,19-,22-,23-/m0/s1. The van der Waals surface area contributed by atoms with Gasteiger partial charge in [0.15, 0.2) is 5.76 Å². The predicted molar refractivity (Wildman–Crippen MR) is 105 cm³/mol. The Kier molecular flexibility index (Phi) is 5.06. The molecule has 2 fully saturated rings. The number of esters is 3. The molecular weight excluding hydrogens is 404 g/mol. The Hall–Kier alpha value is -2.90. The molecule has 31 heavy (non-hydrogen) atoms. The quantitative estimate of drug-likeness (QED) is 0.531. The topological polar surface area (TPSA) is 109 Å². The first-order chi connectivity index (χ1) is 14.6. The number of methoxy groups -OCH3 is 1. The molecule has 0 amide bonds. The monoisotopic (exact) mass is 430 g/mol. The number of hydrogen-bond donors (Lipinski definition) is 0. The van der Waals surface area contributed by atoms with E-state index in [-0.39, 0.29) is 17.5 Å². The molecule has 1 aromatic rings. The molecular formula is C23H26O8. The largest absolute Gasteiger partial charge is 0.472 e. The zero-order valence-corrected chi connectivity index (χ0v) is 18.0. The van der Waals surface area contributed by atoms with E-state index in [9.17, 15) is 19.2 Å². The van der Waals surface area contributed by atoms with Gasteiger partial charge < -0.3 is 18.6 Å². The van der Waals surface area contributed by atoms with E-state index in [1.54, 1.807) is 6.07 Å². The summed E-state index contributed by atoms with van der Waals surface area (Å²) >= 11 is 0. The first kappa shape index (κ1) is 21.3. The van der Waals surface area contributed by atoms with Gasteiger partial charge in [0.05, 0.1) is 31.5 Å². The molecule has 8 heteroatoms. The number of furan rings is 1. The fraction of sp³-hybridized carbons (Fsp3) is 0.565. The summed E-state index contributed by atoms with van der Waals surface area (Å²) in [4.78, 5) is 51.0. The maximum absolute atomic E-state index is 13.6. The fourth-order valence-corrected chi connectivity index (χ4v) is 6.04. The Bertz CT molecular complexity index is 960. The van der Waals surface area contributed by atoms with Gasteiger partial charge in [-0.05, 0) is 42.2 Å². The van der Waals surface area contributed by atoms with Crippen LogP contribution in [0.15, 0.2) is 34.8 Å². The zero-order valence-electron chi connectivity index (χ0n) is 18.0. The number of ether oxygens (including phenoxy) is 3. The highest BCUT2D eigenvalue weighted by Gasteiger charge is 2.66. The van der Waals surface area contributed by atoms with Crippen molar-refractivity contribution in [1.29, 1.82) is 0 Å². The molecule has 166 valence electrons. The minimum absolute atomic E-state index is 0.161. The van der Waals surface area contributed by atoms with Gasteiger partial charge in [0, 0.05) is 18.4 Å². The number of Topliss-reactive ketones (excluding diaryl/α,β-unsaturated/α-hetero) is 1. The smallest absolute Gasteiger partial charge is 0.313 e. The third kappa shape index (κ3) is 3.20. The van der Waals surface area contributed by atoms with Crippen LogP contribution in [0.3, 0.4) is 0 Å². The van der Waals surface area contributed by atoms with Crippen LogP contribution in [0.1, 0.15) is 51.7 Å². The summed E-state index contributed by atoms with van der Waals surface area (Å²) in [6, 6.07) is 1.73. The van der Waals surface area contributed by atoms with Gasteiger partial charge in [-0.1, -0.05) is 13.8 Å². The van der Waals surface area contributed by atoms with Crippen molar-refractivity contribution in [3.8, 4) is 0 Å². The normalized spacial score (nSPS) is 37.1. The molecule has 4 rings (SSSR count). The van der Waals surface area contributed by atoms with Crippen molar-refractivity contribution in [3.63, 3.8) is 0 Å². The van der Waals surface area contributed by atoms with Gasteiger partial charge in [-0.3, -0.25) is 19.2 Å². The zero-order chi connectivity index (χ0) is 22.6. The number of allylic oxidation sites excluding steroid dienone is 1. The van der Waals surface area contributed by atoms with Crippen molar-refractivity contribution < 1.29 is 37.8 Å². The van der Waals surface area contributed by atoms with Crippen LogP contribution >= 0.6 is 0 Å². The van der Waals surface area contributed by atoms with Crippen LogP contribution in [-0.4, -0.2) is 30.8 Å². The van der Waals surface area contributed by atoms with E-state index in [0.717, 1.165) is 0 Å². The molecule has 0 radical (unpaired) electrons. The minimum atomic E-state index is -0.812. The molecule has 1 saturated heterocycles. The summed E-state index contributed by atoms with van der Waals surface area (Å²) in [6.07, 6.45) is 5.19. The van der Waals surface area contributed by atoms with E-state index in [1.165, 1.54) is 32.6 Å². The third-order valence-electron chi connectivity index (χ3n) is 7.41. The van der Waals surface area contributed by atoms with Gasteiger partial charge in [-0.25, -0.2) is 0 Å². The van der Waals surface area contributed by atoms with E-state index in [1.807, 2.05) is 13.8 Å². The van der Waals surface area contributed by atoms with Gasteiger partial charge in [-0.2, -0.15) is 0 Å². The molecule has 2 aliphatic carbocycles. The van der Waals surface area contributed by atoms with Crippen LogP contribution in [0.4, 0.5) is 0 Å². The SMILES string of the molecule is COC(=O)[C@@H]1C=C(OC(C)=O)C(=O)[C@H]2[C@@]1(C)CC[C@H]1C(=O)O[C@H](c3ccoc3)C[C@]21C. The lowest BCUT2D eigenvalue weighted by atomic mass is 9.44. The number of rotatable bonds is 3. The lowest BCUT2D eigenvalue weighted by Gasteiger charge is -2.59. The fourth-order valence-electron chi connectivity index (χ4n) is 6.04. The maximum Gasteiger partial charge on any atom is 0.313 e. The molecule has 1 saturated carbocycles. The summed E-state index contributed by atoms with van der Waals surface area (Å²) in [5.41, 5.74) is -0.894. The Labute approximate surface area is 179 Å². The lowest BCUT2D eigenvalue weighted by molar-refractivity contribution is -0.198. The van der Waals surface area contributed by atoms with E-state index in [2.05, 4.69) is 0 Å². The van der Waals surface area contributed by atoms with Gasteiger partial charge in [-0.15, -0.1) is 0 Å². The van der Waals surface area contributed by atoms with Crippen LogP contribution in [0.5, 0.6) is 0 Å². The second-order valence-electron chi connectivity index (χ2n) is 9.21. The minimum Gasteiger partial charge on any atom is -0.472 e. The van der Waals surface area contributed by atoms with Crippen molar-refractivity contribution in [2.75, 3.05) is 7.11 Å². The molecule has 0 bridgehead atoms. The van der Waals surface area contributed by atoms with E-state index in [4.69, 9.17) is 18.6 Å². The van der Waals surface area contributed by atoms with Crippen LogP contribution < -0.4 is 0 Å². The molecule has 0 spiro atoms. The highest BCUT2D eigenvalue weighted by atomic mass is 16.6. The van der Waals surface area contributed by atoms with Crippen molar-refractivity contribution in [2.45, 2.75) is 46.1 Å². The van der Waals surface area contributed by atoms with Crippen molar-refractivity contribution in [2.24, 2.45) is 28.6 Å². The van der Waals surface area contributed by atoms with Crippen LogP contribution in [0, 0.1) is 28.6 Å². The van der Waals surface area contributed by atoms with Gasteiger partial charge in [0.1, 0.15) is 6.10 Å². The lowest BCUT2D eigenvalue weighted by Crippen LogP contribution is -2.61. The average molecular weight is 430 g/mol. The summed E-state index contributed by atoms with van der Waals surface area (Å²) in [6.45, 7) is 4.98. The summed E-state index contributed by atoms with van der Waals surface area (Å²) in [5.74, 6) is -4.07. The maximum atomic E-state index is 13.6. The van der Waals surface area contributed by atoms with E-state index in [0.29, 0.717) is 24.8 Å². The van der Waals surface area contributed by atoms with E-state index < -0.39 is 46.6 Å². The number of carbonyl (C=O) groups excluding carboxylic acids is 4. The second-order valence-corrected chi connectivity index (χ2v) is 9.21. The number of fused-ring (bicyclic) bond motifs is 3. The molecule has 1 aliphatic heterocycles. The molecule has 0 N–H and O–H groups in total. The van der Waals surface area contributed by atoms with E-state index >= 15 is 0 Å². The molecule has 2 heterocycles. The first-order valence-electron chi connectivity index (χ1n) is 10.4.